The number of amides is 1. The molecule has 172 valence electrons. The first kappa shape index (κ1) is 24.3. The first-order valence-electron chi connectivity index (χ1n) is 10.3. The fourth-order valence-corrected chi connectivity index (χ4v) is 3.41. The smallest absolute Gasteiger partial charge is 0.272 e. The van der Waals surface area contributed by atoms with Crippen LogP contribution in [0.4, 0.5) is 0 Å². The number of nitrogens with one attached hydrogen (secondary N) is 1. The van der Waals surface area contributed by atoms with Gasteiger partial charge in [0.1, 0.15) is 5.75 Å². The Morgan fingerprint density at radius 3 is 2.67 bits per heavy atom. The number of allylic oxidation sites excluding steroid dienone is 1. The molecule has 0 aliphatic heterocycles. The minimum atomic E-state index is -0.715. The highest BCUT2D eigenvalue weighted by atomic mass is 32.2. The van der Waals surface area contributed by atoms with Gasteiger partial charge in [-0.25, -0.2) is 4.89 Å². The highest BCUT2D eigenvalue weighted by Gasteiger charge is 2.15. The summed E-state index contributed by atoms with van der Waals surface area (Å²) in [5.41, 5.74) is 3.33. The Morgan fingerprint density at radius 1 is 1.12 bits per heavy atom. The molecule has 1 heterocycles. The molecule has 1 atom stereocenters. The number of aryl methyl sites for hydroxylation is 1. The maximum Gasteiger partial charge on any atom is 0.272 e. The van der Waals surface area contributed by atoms with Gasteiger partial charge in [0, 0.05) is 18.3 Å². The van der Waals surface area contributed by atoms with E-state index >= 15 is 0 Å². The van der Waals surface area contributed by atoms with Crippen LogP contribution in [0.2, 0.25) is 0 Å². The number of ketones is 1. The summed E-state index contributed by atoms with van der Waals surface area (Å²) in [7, 11) is 1.34. The van der Waals surface area contributed by atoms with Crippen LogP contribution < -0.4 is 9.46 Å². The Hall–Kier alpha value is -3.33. The van der Waals surface area contributed by atoms with Gasteiger partial charge >= 0.3 is 0 Å². The second-order valence-corrected chi connectivity index (χ2v) is 7.77. The van der Waals surface area contributed by atoms with Gasteiger partial charge in [-0.3, -0.25) is 14.3 Å². The summed E-state index contributed by atoms with van der Waals surface area (Å²) in [6.45, 7) is 4.18. The third-order valence-corrected chi connectivity index (χ3v) is 5.26. The van der Waals surface area contributed by atoms with Gasteiger partial charge in [0.05, 0.1) is 12.8 Å². The zero-order valence-electron chi connectivity index (χ0n) is 18.7. The van der Waals surface area contributed by atoms with E-state index < -0.39 is 6.10 Å². The first-order valence-corrected chi connectivity index (χ1v) is 11.1. The summed E-state index contributed by atoms with van der Waals surface area (Å²) in [4.78, 5) is 29.2. The molecule has 33 heavy (non-hydrogen) atoms. The maximum atomic E-state index is 12.8. The van der Waals surface area contributed by atoms with Crippen LogP contribution in [-0.2, 0) is 20.6 Å². The van der Waals surface area contributed by atoms with Crippen molar-refractivity contribution < 1.29 is 23.5 Å². The fraction of sp³-hybridized carbons (Fsp3) is 0.200. The van der Waals surface area contributed by atoms with Crippen molar-refractivity contribution in [3.63, 3.8) is 0 Å². The van der Waals surface area contributed by atoms with Crippen LogP contribution in [0, 0.1) is 6.92 Å². The van der Waals surface area contributed by atoms with Crippen molar-refractivity contribution in [3.05, 3.63) is 95.3 Å². The van der Waals surface area contributed by atoms with Gasteiger partial charge in [-0.05, 0) is 43.7 Å². The van der Waals surface area contributed by atoms with Crippen molar-refractivity contribution in [3.8, 4) is 5.75 Å². The minimum absolute atomic E-state index is 0.00914. The number of rotatable bonds is 11. The number of aromatic nitrogens is 1. The lowest BCUT2D eigenvalue weighted by molar-refractivity contribution is -0.161. The summed E-state index contributed by atoms with van der Waals surface area (Å²) in [5, 5.41) is 0. The summed E-state index contributed by atoms with van der Waals surface area (Å²) in [5.74, 6) is 0.204. The topological polar surface area (TPSA) is 78.8 Å². The summed E-state index contributed by atoms with van der Waals surface area (Å²) >= 11 is 0.676. The Balaban J connectivity index is 1.60. The summed E-state index contributed by atoms with van der Waals surface area (Å²) < 4.78 is 14.6. The number of benzene rings is 2. The van der Waals surface area contributed by atoms with Crippen molar-refractivity contribution in [2.75, 3.05) is 7.11 Å². The van der Waals surface area contributed by atoms with Crippen LogP contribution in [0.3, 0.4) is 0 Å². The Kier molecular flexibility index (Phi) is 8.88. The monoisotopic (exact) mass is 466 g/mol. The van der Waals surface area contributed by atoms with Gasteiger partial charge in [0.2, 0.25) is 5.78 Å². The zero-order valence-corrected chi connectivity index (χ0v) is 19.5. The normalized spacial score (nSPS) is 12.0. The predicted molar refractivity (Wildman–Crippen MR) is 128 cm³/mol. The standard InChI is InChI=1S/C25H26N2O5S/c1-18-11-13-21(14-12-18)24(28)23-10-6-16-27(23)15-5-8-20-7-4-9-22(17-20)31-19(2)25(29)26-33-32-30-3/h4-14,16-17,19H,15H2,1-3H3,(H,26,29)/t19-/m0/s1. The van der Waals surface area contributed by atoms with Crippen LogP contribution in [-0.4, -0.2) is 29.5 Å². The molecule has 0 saturated heterocycles. The highest BCUT2D eigenvalue weighted by molar-refractivity contribution is 7.93. The second-order valence-electron chi connectivity index (χ2n) is 7.26. The molecular formula is C25H26N2O5S. The number of nitrogens with zero attached hydrogens (tertiary/aromatic N) is 1. The lowest BCUT2D eigenvalue weighted by Crippen LogP contribution is -2.32. The van der Waals surface area contributed by atoms with Crippen LogP contribution >= 0.6 is 12.2 Å². The molecule has 1 N–H and O–H groups in total. The first-order chi connectivity index (χ1) is 16.0. The number of carbonyl (C=O) groups is 2. The maximum absolute atomic E-state index is 12.8. The molecule has 0 aliphatic carbocycles. The van der Waals surface area contributed by atoms with Crippen molar-refractivity contribution in [1.82, 2.24) is 9.29 Å². The van der Waals surface area contributed by atoms with E-state index in [1.807, 2.05) is 84.4 Å². The molecule has 2 aromatic carbocycles. The molecule has 0 unspecified atom stereocenters. The van der Waals surface area contributed by atoms with Gasteiger partial charge in [-0.2, -0.15) is 0 Å². The van der Waals surface area contributed by atoms with E-state index in [1.54, 1.807) is 13.0 Å². The molecule has 1 amide bonds. The van der Waals surface area contributed by atoms with Crippen molar-refractivity contribution in [1.29, 1.82) is 0 Å². The average Bonchev–Trinajstić information content (AvgIpc) is 3.28. The fourth-order valence-electron chi connectivity index (χ4n) is 3.06. The number of hydrogen-bond acceptors (Lipinski definition) is 6. The molecule has 0 fully saturated rings. The molecule has 0 radical (unpaired) electrons. The lowest BCUT2D eigenvalue weighted by atomic mass is 10.1. The Labute approximate surface area is 197 Å². The van der Waals surface area contributed by atoms with Crippen LogP contribution in [0.5, 0.6) is 5.75 Å². The minimum Gasteiger partial charge on any atom is -0.481 e. The van der Waals surface area contributed by atoms with E-state index in [4.69, 9.17) is 4.74 Å². The number of carbonyl (C=O) groups excluding carboxylic acids is 2. The van der Waals surface area contributed by atoms with E-state index in [2.05, 4.69) is 13.9 Å². The average molecular weight is 467 g/mol. The van der Waals surface area contributed by atoms with E-state index in [0.29, 0.717) is 35.8 Å². The molecule has 0 bridgehead atoms. The van der Waals surface area contributed by atoms with Crippen LogP contribution in [0.15, 0.2) is 72.9 Å². The van der Waals surface area contributed by atoms with Crippen molar-refractivity contribution in [2.45, 2.75) is 26.5 Å². The molecule has 3 aromatic rings. The van der Waals surface area contributed by atoms with Crippen molar-refractivity contribution in [2.24, 2.45) is 0 Å². The Bertz CT molecular complexity index is 1110. The lowest BCUT2D eigenvalue weighted by Gasteiger charge is -2.14. The zero-order chi connectivity index (χ0) is 23.6. The van der Waals surface area contributed by atoms with Gasteiger partial charge in [-0.15, -0.1) is 4.33 Å². The third-order valence-electron chi connectivity index (χ3n) is 4.77. The molecule has 3 rings (SSSR count). The van der Waals surface area contributed by atoms with E-state index in [0.717, 1.165) is 11.1 Å². The molecule has 1 aromatic heterocycles. The molecule has 7 nitrogen and oxygen atoms in total. The molecule has 0 aliphatic rings. The Morgan fingerprint density at radius 2 is 1.91 bits per heavy atom. The van der Waals surface area contributed by atoms with Gasteiger partial charge in [-0.1, -0.05) is 54.1 Å². The number of ether oxygens (including phenoxy) is 1. The van der Waals surface area contributed by atoms with Crippen molar-refractivity contribution >= 4 is 30.0 Å². The molecule has 8 heteroatoms. The molecule has 0 spiro atoms. The SMILES string of the molecule is COOSNC(=O)[C@H](C)Oc1cccc(C=CCn2cccc2C(=O)c2ccc(C)cc2)c1. The van der Waals surface area contributed by atoms with Gasteiger partial charge < -0.3 is 9.30 Å². The summed E-state index contributed by atoms with van der Waals surface area (Å²) in [6, 6.07) is 18.7. The van der Waals surface area contributed by atoms with Crippen LogP contribution in [0.25, 0.3) is 6.08 Å². The largest absolute Gasteiger partial charge is 0.481 e. The van der Waals surface area contributed by atoms with E-state index in [9.17, 15) is 9.59 Å². The quantitative estimate of drug-likeness (QED) is 0.110. The van der Waals surface area contributed by atoms with E-state index in [1.165, 1.54) is 7.11 Å². The van der Waals surface area contributed by atoms with Gasteiger partial charge in [0.15, 0.2) is 18.3 Å². The third kappa shape index (κ3) is 7.08. The predicted octanol–water partition coefficient (Wildman–Crippen LogP) is 4.77. The summed E-state index contributed by atoms with van der Waals surface area (Å²) in [6.07, 6.45) is 5.09. The highest BCUT2D eigenvalue weighted by Crippen LogP contribution is 2.17. The second kappa shape index (κ2) is 12.1. The van der Waals surface area contributed by atoms with E-state index in [-0.39, 0.29) is 11.7 Å². The van der Waals surface area contributed by atoms with Gasteiger partial charge in [0.25, 0.3) is 5.91 Å². The molecular weight excluding hydrogens is 440 g/mol. The number of hydrogen-bond donors (Lipinski definition) is 1. The molecule has 0 saturated carbocycles. The van der Waals surface area contributed by atoms with Crippen LogP contribution in [0.1, 0.15) is 34.1 Å².